The molecule has 0 aliphatic carbocycles. The molecule has 144 valence electrons. The fraction of sp³-hybridized carbons (Fsp3) is 0.579. The number of rotatable bonds is 7. The Morgan fingerprint density at radius 3 is 2.73 bits per heavy atom. The predicted octanol–water partition coefficient (Wildman–Crippen LogP) is 3.27. The third kappa shape index (κ3) is 5.97. The average Bonchev–Trinajstić information content (AvgIpc) is 2.61. The quantitative estimate of drug-likeness (QED) is 0.752. The molecule has 26 heavy (non-hydrogen) atoms. The number of amides is 2. The summed E-state index contributed by atoms with van der Waals surface area (Å²) in [4.78, 5) is 25.2. The van der Waals surface area contributed by atoms with E-state index in [0.717, 1.165) is 12.8 Å². The highest BCUT2D eigenvalue weighted by molar-refractivity contribution is 5.75. The topological polar surface area (TPSA) is 58.6 Å². The van der Waals surface area contributed by atoms with Crippen LogP contribution >= 0.6 is 0 Å². The molecule has 1 aromatic rings. The number of urea groups is 1. The summed E-state index contributed by atoms with van der Waals surface area (Å²) < 4.78 is 32.2. The molecule has 2 amide bonds. The second kappa shape index (κ2) is 10.1. The predicted molar refractivity (Wildman–Crippen MR) is 93.6 cm³/mol. The van der Waals surface area contributed by atoms with E-state index >= 15 is 0 Å². The number of likely N-dealkylation sites (tertiary alicyclic amines) is 1. The van der Waals surface area contributed by atoms with Crippen molar-refractivity contribution in [2.45, 2.75) is 39.0 Å². The first-order valence-electron chi connectivity index (χ1n) is 9.12. The number of hydrogen-bond acceptors (Lipinski definition) is 3. The maximum absolute atomic E-state index is 13.7. The smallest absolute Gasteiger partial charge is 0.317 e. The minimum absolute atomic E-state index is 0.114. The molecule has 2 rings (SSSR count). The van der Waals surface area contributed by atoms with E-state index in [1.807, 2.05) is 0 Å². The minimum Gasteiger partial charge on any atom is -0.466 e. The Morgan fingerprint density at radius 2 is 2.04 bits per heavy atom. The third-order valence-electron chi connectivity index (χ3n) is 4.58. The van der Waals surface area contributed by atoms with E-state index in [4.69, 9.17) is 4.74 Å². The summed E-state index contributed by atoms with van der Waals surface area (Å²) in [5, 5.41) is 2.72. The van der Waals surface area contributed by atoms with E-state index in [-0.39, 0.29) is 36.4 Å². The number of carbonyl (C=O) groups is 2. The Hall–Kier alpha value is -2.18. The summed E-state index contributed by atoms with van der Waals surface area (Å²) in [6, 6.07) is 3.68. The summed E-state index contributed by atoms with van der Waals surface area (Å²) in [6.07, 6.45) is 2.88. The Bertz CT molecular complexity index is 605. The molecule has 5 nitrogen and oxygen atoms in total. The lowest BCUT2D eigenvalue weighted by atomic mass is 9.91. The lowest BCUT2D eigenvalue weighted by molar-refractivity contribution is -0.142. The van der Waals surface area contributed by atoms with Gasteiger partial charge in [0.05, 0.1) is 13.0 Å². The Balaban J connectivity index is 1.77. The zero-order valence-corrected chi connectivity index (χ0v) is 15.1. The number of carbonyl (C=O) groups excluding carboxylic acids is 2. The van der Waals surface area contributed by atoms with Crippen LogP contribution in [-0.2, 0) is 16.0 Å². The number of hydrogen-bond donors (Lipinski definition) is 1. The van der Waals surface area contributed by atoms with Gasteiger partial charge in [-0.05, 0) is 50.7 Å². The fourth-order valence-electron chi connectivity index (χ4n) is 3.22. The number of ether oxygens (including phenoxy) is 1. The van der Waals surface area contributed by atoms with E-state index in [1.165, 1.54) is 18.2 Å². The molecule has 0 saturated carbocycles. The van der Waals surface area contributed by atoms with E-state index < -0.39 is 11.6 Å². The van der Waals surface area contributed by atoms with Crippen LogP contribution in [0.25, 0.3) is 0 Å². The minimum atomic E-state index is -0.519. The monoisotopic (exact) mass is 368 g/mol. The highest BCUT2D eigenvalue weighted by Gasteiger charge is 2.24. The zero-order chi connectivity index (χ0) is 18.9. The van der Waals surface area contributed by atoms with Gasteiger partial charge in [-0.2, -0.15) is 0 Å². The second-order valence-corrected chi connectivity index (χ2v) is 6.48. The van der Waals surface area contributed by atoms with Gasteiger partial charge in [0.1, 0.15) is 11.6 Å². The number of nitrogens with one attached hydrogen (secondary N) is 1. The number of nitrogens with zero attached hydrogens (tertiary/aromatic N) is 1. The van der Waals surface area contributed by atoms with Gasteiger partial charge in [-0.3, -0.25) is 4.79 Å². The Morgan fingerprint density at radius 1 is 1.31 bits per heavy atom. The van der Waals surface area contributed by atoms with Crippen molar-refractivity contribution in [2.24, 2.45) is 5.92 Å². The van der Waals surface area contributed by atoms with Crippen LogP contribution in [0.4, 0.5) is 13.6 Å². The lowest BCUT2D eigenvalue weighted by Crippen LogP contribution is -2.46. The summed E-state index contributed by atoms with van der Waals surface area (Å²) in [7, 11) is 0. The molecule has 1 heterocycles. The van der Waals surface area contributed by atoms with Gasteiger partial charge in [0, 0.05) is 25.2 Å². The molecule has 1 aromatic carbocycles. The third-order valence-corrected chi connectivity index (χ3v) is 4.58. The van der Waals surface area contributed by atoms with Crippen molar-refractivity contribution in [2.75, 3.05) is 26.2 Å². The van der Waals surface area contributed by atoms with Crippen molar-refractivity contribution < 1.29 is 23.1 Å². The van der Waals surface area contributed by atoms with Crippen LogP contribution in [0.3, 0.4) is 0 Å². The highest BCUT2D eigenvalue weighted by atomic mass is 19.1. The van der Waals surface area contributed by atoms with Gasteiger partial charge in [0.15, 0.2) is 0 Å². The van der Waals surface area contributed by atoms with Crippen LogP contribution in [0, 0.1) is 17.6 Å². The van der Waals surface area contributed by atoms with Gasteiger partial charge in [0.25, 0.3) is 0 Å². The molecule has 1 atom stereocenters. The van der Waals surface area contributed by atoms with Gasteiger partial charge >= 0.3 is 12.0 Å². The molecule has 0 spiro atoms. The van der Waals surface area contributed by atoms with Gasteiger partial charge in [-0.1, -0.05) is 6.07 Å². The van der Waals surface area contributed by atoms with Crippen molar-refractivity contribution in [3.05, 3.63) is 35.4 Å². The average molecular weight is 368 g/mol. The largest absolute Gasteiger partial charge is 0.466 e. The number of esters is 1. The number of piperidine rings is 1. The summed E-state index contributed by atoms with van der Waals surface area (Å²) in [6.45, 7) is 3.50. The van der Waals surface area contributed by atoms with Crippen molar-refractivity contribution in [1.29, 1.82) is 0 Å². The molecule has 1 fully saturated rings. The Labute approximate surface area is 152 Å². The molecule has 0 aromatic heterocycles. The van der Waals surface area contributed by atoms with Crippen LogP contribution in [0.1, 0.15) is 38.2 Å². The summed E-state index contributed by atoms with van der Waals surface area (Å²) in [5.41, 5.74) is 0.114. The van der Waals surface area contributed by atoms with Crippen molar-refractivity contribution >= 4 is 12.0 Å². The molecular weight excluding hydrogens is 342 g/mol. The first kappa shape index (κ1) is 20.1. The van der Waals surface area contributed by atoms with E-state index in [9.17, 15) is 18.4 Å². The van der Waals surface area contributed by atoms with E-state index in [2.05, 4.69) is 5.32 Å². The molecule has 7 heteroatoms. The lowest BCUT2D eigenvalue weighted by Gasteiger charge is -2.33. The van der Waals surface area contributed by atoms with Crippen molar-refractivity contribution in [3.8, 4) is 0 Å². The van der Waals surface area contributed by atoms with Gasteiger partial charge in [-0.25, -0.2) is 13.6 Å². The molecule has 1 saturated heterocycles. The van der Waals surface area contributed by atoms with Crippen molar-refractivity contribution in [3.63, 3.8) is 0 Å². The molecule has 0 bridgehead atoms. The number of benzene rings is 1. The standard InChI is InChI=1S/C19H26F2N2O3/c1-2-26-18(24)10-11-22-19(25)23-12-4-5-14(13-23)8-9-15-16(20)6-3-7-17(15)21/h3,6-7,14H,2,4-5,8-13H2,1H3,(H,22,25)/t14-/m1/s1. The zero-order valence-electron chi connectivity index (χ0n) is 15.1. The summed E-state index contributed by atoms with van der Waals surface area (Å²) >= 11 is 0. The molecule has 0 radical (unpaired) electrons. The normalized spacial score (nSPS) is 17.0. The molecular formula is C19H26F2N2O3. The van der Waals surface area contributed by atoms with Gasteiger partial charge in [-0.15, -0.1) is 0 Å². The van der Waals surface area contributed by atoms with Crippen LogP contribution < -0.4 is 5.32 Å². The Kier molecular flexibility index (Phi) is 7.81. The second-order valence-electron chi connectivity index (χ2n) is 6.48. The molecule has 1 N–H and O–H groups in total. The van der Waals surface area contributed by atoms with Crippen LogP contribution in [0.2, 0.25) is 0 Å². The van der Waals surface area contributed by atoms with Crippen LogP contribution in [0.15, 0.2) is 18.2 Å². The van der Waals surface area contributed by atoms with Crippen molar-refractivity contribution in [1.82, 2.24) is 10.2 Å². The first-order valence-corrected chi connectivity index (χ1v) is 9.12. The fourth-order valence-corrected chi connectivity index (χ4v) is 3.22. The maximum atomic E-state index is 13.7. The summed E-state index contributed by atoms with van der Waals surface area (Å²) in [5.74, 6) is -1.17. The van der Waals surface area contributed by atoms with E-state index in [1.54, 1.807) is 11.8 Å². The maximum Gasteiger partial charge on any atom is 0.317 e. The SMILES string of the molecule is CCOC(=O)CCNC(=O)N1CCC[C@H](CCc2c(F)cccc2F)C1. The van der Waals surface area contributed by atoms with Crippen LogP contribution in [-0.4, -0.2) is 43.1 Å². The first-order chi connectivity index (χ1) is 12.5. The number of halogens is 2. The van der Waals surface area contributed by atoms with Crippen LogP contribution in [0.5, 0.6) is 0 Å². The molecule has 1 aliphatic heterocycles. The highest BCUT2D eigenvalue weighted by Crippen LogP contribution is 2.23. The molecule has 0 unspecified atom stereocenters. The van der Waals surface area contributed by atoms with Gasteiger partial charge in [0.2, 0.25) is 0 Å². The molecule has 1 aliphatic rings. The van der Waals surface area contributed by atoms with Gasteiger partial charge < -0.3 is 15.0 Å². The van der Waals surface area contributed by atoms with E-state index in [0.29, 0.717) is 32.5 Å².